The van der Waals surface area contributed by atoms with Crippen LogP contribution in [0, 0.1) is 5.92 Å². The molecule has 0 rings (SSSR count). The van der Waals surface area contributed by atoms with Crippen molar-refractivity contribution in [3.63, 3.8) is 0 Å². The van der Waals surface area contributed by atoms with Crippen LogP contribution in [0.4, 0.5) is 4.79 Å². The maximum Gasteiger partial charge on any atom is 0.407 e. The number of hydrogen-bond acceptors (Lipinski definition) is 3. The van der Waals surface area contributed by atoms with Gasteiger partial charge in [0.25, 0.3) is 0 Å². The molecule has 2 unspecified atom stereocenters. The number of amides is 1. The third kappa shape index (κ3) is 5.95. The highest BCUT2D eigenvalue weighted by Gasteiger charge is 2.25. The maximum absolute atomic E-state index is 11.5. The first kappa shape index (κ1) is 15.2. The van der Waals surface area contributed by atoms with E-state index in [0.29, 0.717) is 6.42 Å². The van der Waals surface area contributed by atoms with Crippen molar-refractivity contribution in [3.8, 4) is 0 Å². The molecule has 2 N–H and O–H groups in total. The summed E-state index contributed by atoms with van der Waals surface area (Å²) in [6.07, 6.45) is -0.398. The SMILES string of the molecule is CCC(O)C(NC(=O)OC(C)(C)C)C(C)C. The predicted octanol–water partition coefficient (Wildman–Crippen LogP) is 2.31. The van der Waals surface area contributed by atoms with Gasteiger partial charge in [-0.15, -0.1) is 0 Å². The van der Waals surface area contributed by atoms with Gasteiger partial charge in [0.05, 0.1) is 12.1 Å². The van der Waals surface area contributed by atoms with Crippen LogP contribution in [0.2, 0.25) is 0 Å². The molecule has 0 saturated heterocycles. The topological polar surface area (TPSA) is 58.6 Å². The van der Waals surface area contributed by atoms with E-state index in [9.17, 15) is 9.90 Å². The molecule has 16 heavy (non-hydrogen) atoms. The van der Waals surface area contributed by atoms with Gasteiger partial charge in [0, 0.05) is 0 Å². The number of ether oxygens (including phenoxy) is 1. The zero-order valence-electron chi connectivity index (χ0n) is 11.2. The molecule has 96 valence electrons. The van der Waals surface area contributed by atoms with Crippen LogP contribution in [-0.2, 0) is 4.74 Å². The van der Waals surface area contributed by atoms with Crippen LogP contribution in [0.15, 0.2) is 0 Å². The summed E-state index contributed by atoms with van der Waals surface area (Å²) in [5.74, 6) is 0.169. The highest BCUT2D eigenvalue weighted by Crippen LogP contribution is 2.12. The molecule has 2 atom stereocenters. The first-order valence-corrected chi connectivity index (χ1v) is 5.85. The molecule has 4 nitrogen and oxygen atoms in total. The minimum Gasteiger partial charge on any atom is -0.444 e. The third-order valence-electron chi connectivity index (χ3n) is 2.23. The van der Waals surface area contributed by atoms with Crippen molar-refractivity contribution >= 4 is 6.09 Å². The van der Waals surface area contributed by atoms with Gasteiger partial charge < -0.3 is 15.2 Å². The number of carbonyl (C=O) groups excluding carboxylic acids is 1. The number of alkyl carbamates (subject to hydrolysis) is 1. The fourth-order valence-electron chi connectivity index (χ4n) is 1.40. The molecule has 0 aliphatic rings. The number of aliphatic hydroxyl groups excluding tert-OH is 1. The summed E-state index contributed by atoms with van der Waals surface area (Å²) >= 11 is 0. The second-order valence-corrected chi connectivity index (χ2v) is 5.39. The van der Waals surface area contributed by atoms with E-state index in [4.69, 9.17) is 4.74 Å². The molecular formula is C12H25NO3. The van der Waals surface area contributed by atoms with Crippen LogP contribution >= 0.6 is 0 Å². The van der Waals surface area contributed by atoms with Gasteiger partial charge in [0.15, 0.2) is 0 Å². The summed E-state index contributed by atoms with van der Waals surface area (Å²) in [7, 11) is 0. The number of carbonyl (C=O) groups is 1. The minimum atomic E-state index is -0.535. The molecule has 4 heteroatoms. The van der Waals surface area contributed by atoms with E-state index in [-0.39, 0.29) is 12.0 Å². The first-order valence-electron chi connectivity index (χ1n) is 5.85. The Morgan fingerprint density at radius 3 is 2.19 bits per heavy atom. The Morgan fingerprint density at radius 2 is 1.88 bits per heavy atom. The molecule has 0 aromatic heterocycles. The Kier molecular flexibility index (Phi) is 5.79. The Bertz CT molecular complexity index is 221. The Balaban J connectivity index is 4.36. The van der Waals surface area contributed by atoms with E-state index in [2.05, 4.69) is 5.32 Å². The fourth-order valence-corrected chi connectivity index (χ4v) is 1.40. The second-order valence-electron chi connectivity index (χ2n) is 5.39. The van der Waals surface area contributed by atoms with E-state index in [1.807, 2.05) is 41.5 Å². The number of rotatable bonds is 4. The highest BCUT2D eigenvalue weighted by molar-refractivity contribution is 5.68. The average molecular weight is 231 g/mol. The van der Waals surface area contributed by atoms with Crippen molar-refractivity contribution in [1.82, 2.24) is 5.32 Å². The summed E-state index contributed by atoms with van der Waals surface area (Å²) in [4.78, 5) is 11.5. The molecule has 0 heterocycles. The molecule has 0 bridgehead atoms. The third-order valence-corrected chi connectivity index (χ3v) is 2.23. The average Bonchev–Trinajstić information content (AvgIpc) is 2.09. The van der Waals surface area contributed by atoms with Gasteiger partial charge in [0.2, 0.25) is 0 Å². The Morgan fingerprint density at radius 1 is 1.38 bits per heavy atom. The quantitative estimate of drug-likeness (QED) is 0.780. The molecule has 0 radical (unpaired) electrons. The smallest absolute Gasteiger partial charge is 0.407 e. The van der Waals surface area contributed by atoms with Crippen molar-refractivity contribution in [3.05, 3.63) is 0 Å². The molecule has 0 fully saturated rings. The van der Waals surface area contributed by atoms with E-state index in [0.717, 1.165) is 0 Å². The lowest BCUT2D eigenvalue weighted by atomic mass is 9.97. The van der Waals surface area contributed by atoms with Crippen molar-refractivity contribution in [2.75, 3.05) is 0 Å². The van der Waals surface area contributed by atoms with Crippen molar-refractivity contribution in [2.24, 2.45) is 5.92 Å². The normalized spacial score (nSPS) is 15.8. The van der Waals surface area contributed by atoms with Crippen LogP contribution in [0.25, 0.3) is 0 Å². The largest absolute Gasteiger partial charge is 0.444 e. The van der Waals surface area contributed by atoms with Crippen LogP contribution < -0.4 is 5.32 Å². The molecular weight excluding hydrogens is 206 g/mol. The van der Waals surface area contributed by atoms with Gasteiger partial charge >= 0.3 is 6.09 Å². The summed E-state index contributed by atoms with van der Waals surface area (Å²) in [6, 6.07) is -0.264. The van der Waals surface area contributed by atoms with Crippen molar-refractivity contribution < 1.29 is 14.6 Å². The second kappa shape index (κ2) is 6.09. The first-order chi connectivity index (χ1) is 7.17. The molecule has 0 spiro atoms. The van der Waals surface area contributed by atoms with Gasteiger partial charge in [0.1, 0.15) is 5.60 Å². The molecule has 0 aliphatic carbocycles. The summed E-state index contributed by atoms with van der Waals surface area (Å²) in [5.41, 5.74) is -0.511. The number of nitrogens with one attached hydrogen (secondary N) is 1. The lowest BCUT2D eigenvalue weighted by molar-refractivity contribution is 0.0370. The van der Waals surface area contributed by atoms with Crippen LogP contribution in [0.3, 0.4) is 0 Å². The van der Waals surface area contributed by atoms with Gasteiger partial charge in [-0.1, -0.05) is 20.8 Å². The Labute approximate surface area is 98.4 Å². The lowest BCUT2D eigenvalue weighted by Gasteiger charge is -2.28. The lowest BCUT2D eigenvalue weighted by Crippen LogP contribution is -2.48. The van der Waals surface area contributed by atoms with Crippen LogP contribution in [0.1, 0.15) is 48.0 Å². The maximum atomic E-state index is 11.5. The zero-order valence-corrected chi connectivity index (χ0v) is 11.2. The molecule has 0 aromatic rings. The molecule has 1 amide bonds. The minimum absolute atomic E-state index is 0.169. The van der Waals surface area contributed by atoms with Gasteiger partial charge in [-0.25, -0.2) is 4.79 Å². The Hall–Kier alpha value is -0.770. The summed E-state index contributed by atoms with van der Waals surface area (Å²) in [5, 5.41) is 12.5. The zero-order chi connectivity index (χ0) is 12.9. The summed E-state index contributed by atoms with van der Waals surface area (Å²) in [6.45, 7) is 11.2. The van der Waals surface area contributed by atoms with Gasteiger partial charge in [-0.05, 0) is 33.1 Å². The monoisotopic (exact) mass is 231 g/mol. The van der Waals surface area contributed by atoms with E-state index < -0.39 is 17.8 Å². The van der Waals surface area contributed by atoms with Crippen LogP contribution in [-0.4, -0.2) is 28.9 Å². The standard InChI is InChI=1S/C12H25NO3/c1-7-9(14)10(8(2)3)13-11(15)16-12(4,5)6/h8-10,14H,7H2,1-6H3,(H,13,15). The van der Waals surface area contributed by atoms with E-state index in [1.54, 1.807) is 0 Å². The predicted molar refractivity (Wildman–Crippen MR) is 64.3 cm³/mol. The number of hydrogen-bond donors (Lipinski definition) is 2. The van der Waals surface area contributed by atoms with Crippen LogP contribution in [0.5, 0.6) is 0 Å². The molecule has 0 aromatic carbocycles. The fraction of sp³-hybridized carbons (Fsp3) is 0.917. The van der Waals surface area contributed by atoms with Gasteiger partial charge in [-0.2, -0.15) is 0 Å². The highest BCUT2D eigenvalue weighted by atomic mass is 16.6. The van der Waals surface area contributed by atoms with E-state index in [1.165, 1.54) is 0 Å². The van der Waals surface area contributed by atoms with Crippen molar-refractivity contribution in [1.29, 1.82) is 0 Å². The van der Waals surface area contributed by atoms with E-state index >= 15 is 0 Å². The molecule has 0 saturated carbocycles. The van der Waals surface area contributed by atoms with Gasteiger partial charge in [-0.3, -0.25) is 0 Å². The number of aliphatic hydroxyl groups is 1. The molecule has 0 aliphatic heterocycles. The summed E-state index contributed by atoms with van der Waals surface area (Å²) < 4.78 is 5.15. The van der Waals surface area contributed by atoms with Crippen molar-refractivity contribution in [2.45, 2.75) is 65.7 Å².